The van der Waals surface area contributed by atoms with Gasteiger partial charge in [-0.25, -0.2) is 14.6 Å². The average Bonchev–Trinajstić information content (AvgIpc) is 2.68. The van der Waals surface area contributed by atoms with Gasteiger partial charge in [0.2, 0.25) is 0 Å². The topological polar surface area (TPSA) is 72.0 Å². The number of carbonyl (C=O) groups is 2. The Morgan fingerprint density at radius 2 is 1.96 bits per heavy atom. The monoisotopic (exact) mass is 401 g/mol. The van der Waals surface area contributed by atoms with Gasteiger partial charge in [0.05, 0.1) is 17.3 Å². The van der Waals surface area contributed by atoms with Crippen molar-refractivity contribution in [3.63, 3.8) is 0 Å². The molecule has 1 aromatic rings. The van der Waals surface area contributed by atoms with Gasteiger partial charge >= 0.3 is 18.2 Å². The van der Waals surface area contributed by atoms with Crippen LogP contribution in [0.3, 0.4) is 0 Å². The van der Waals surface area contributed by atoms with E-state index < -0.39 is 35.4 Å². The first-order valence-corrected chi connectivity index (χ1v) is 8.87. The number of carbonyl (C=O) groups excluding carboxylic acids is 2. The molecule has 3 rings (SSSR count). The highest BCUT2D eigenvalue weighted by molar-refractivity contribution is 5.96. The van der Waals surface area contributed by atoms with Crippen molar-refractivity contribution in [2.45, 2.75) is 45.5 Å². The molecule has 1 atom stereocenters. The van der Waals surface area contributed by atoms with Gasteiger partial charge in [0.25, 0.3) is 0 Å². The lowest BCUT2D eigenvalue weighted by molar-refractivity contribution is -0.138. The van der Waals surface area contributed by atoms with E-state index >= 15 is 0 Å². The quantitative estimate of drug-likeness (QED) is 0.623. The van der Waals surface area contributed by atoms with Crippen molar-refractivity contribution in [1.82, 2.24) is 9.88 Å². The second-order valence-corrected chi connectivity index (χ2v) is 7.86. The minimum atomic E-state index is -4.62. The number of nitrogens with zero attached hydrogens (tertiary/aromatic N) is 3. The maximum absolute atomic E-state index is 13.2. The normalized spacial score (nSPS) is 20.1. The zero-order valence-corrected chi connectivity index (χ0v) is 16.1. The van der Waals surface area contributed by atoms with Crippen molar-refractivity contribution in [3.8, 4) is 0 Å². The van der Waals surface area contributed by atoms with Gasteiger partial charge in [-0.15, -0.1) is 0 Å². The number of esters is 1. The molecule has 0 unspecified atom stereocenters. The SMILES string of the molecule is Cc1nc2c(cc1C(F)(F)F)C(=O)OC[C@H]1CN(C(=O)OC(C)(C)C)CCN21. The fourth-order valence-corrected chi connectivity index (χ4v) is 3.27. The average molecular weight is 401 g/mol. The Morgan fingerprint density at radius 1 is 1.29 bits per heavy atom. The molecule has 0 radical (unpaired) electrons. The highest BCUT2D eigenvalue weighted by Crippen LogP contribution is 2.36. The minimum Gasteiger partial charge on any atom is -0.460 e. The number of halogens is 3. The molecular formula is C18H22F3N3O4. The number of anilines is 1. The van der Waals surface area contributed by atoms with Gasteiger partial charge < -0.3 is 19.3 Å². The predicted molar refractivity (Wildman–Crippen MR) is 93.2 cm³/mol. The van der Waals surface area contributed by atoms with Gasteiger partial charge in [0.15, 0.2) is 0 Å². The highest BCUT2D eigenvalue weighted by Gasteiger charge is 2.40. The summed E-state index contributed by atoms with van der Waals surface area (Å²) in [5, 5.41) is 0. The van der Waals surface area contributed by atoms with Crippen LogP contribution >= 0.6 is 0 Å². The van der Waals surface area contributed by atoms with Crippen molar-refractivity contribution in [1.29, 1.82) is 0 Å². The lowest BCUT2D eigenvalue weighted by atomic mass is 10.1. The van der Waals surface area contributed by atoms with Gasteiger partial charge in [0.1, 0.15) is 23.6 Å². The molecule has 0 N–H and O–H groups in total. The van der Waals surface area contributed by atoms with Crippen molar-refractivity contribution in [3.05, 3.63) is 22.9 Å². The molecule has 28 heavy (non-hydrogen) atoms. The van der Waals surface area contributed by atoms with E-state index in [0.29, 0.717) is 13.1 Å². The number of ether oxygens (including phenoxy) is 2. The smallest absolute Gasteiger partial charge is 0.418 e. The van der Waals surface area contributed by atoms with E-state index in [9.17, 15) is 22.8 Å². The van der Waals surface area contributed by atoms with Crippen LogP contribution in [0.2, 0.25) is 0 Å². The third-order valence-corrected chi connectivity index (χ3v) is 4.53. The Bertz CT molecular complexity index is 804. The second-order valence-electron chi connectivity index (χ2n) is 7.86. The van der Waals surface area contributed by atoms with Gasteiger partial charge in [-0.05, 0) is 33.8 Å². The van der Waals surface area contributed by atoms with Gasteiger partial charge in [-0.3, -0.25) is 0 Å². The number of fused-ring (bicyclic) bond motifs is 3. The van der Waals surface area contributed by atoms with Crippen molar-refractivity contribution in [2.24, 2.45) is 0 Å². The number of aromatic nitrogens is 1. The first-order valence-electron chi connectivity index (χ1n) is 8.87. The first-order chi connectivity index (χ1) is 12.9. The number of hydrogen-bond donors (Lipinski definition) is 0. The molecule has 7 nitrogen and oxygen atoms in total. The number of hydrogen-bond acceptors (Lipinski definition) is 6. The molecule has 10 heteroatoms. The summed E-state index contributed by atoms with van der Waals surface area (Å²) in [4.78, 5) is 31.9. The van der Waals surface area contributed by atoms with Crippen LogP contribution in [-0.4, -0.2) is 59.8 Å². The Hall–Kier alpha value is -2.52. The Morgan fingerprint density at radius 3 is 2.57 bits per heavy atom. The summed E-state index contributed by atoms with van der Waals surface area (Å²) in [6.45, 7) is 7.27. The second kappa shape index (κ2) is 6.82. The fourth-order valence-electron chi connectivity index (χ4n) is 3.27. The van der Waals surface area contributed by atoms with Crippen LogP contribution in [0, 0.1) is 6.92 Å². The third kappa shape index (κ3) is 4.00. The summed E-state index contributed by atoms with van der Waals surface area (Å²) in [5.41, 5.74) is -2.04. The maximum atomic E-state index is 13.2. The first kappa shape index (κ1) is 20.2. The summed E-state index contributed by atoms with van der Waals surface area (Å²) in [6, 6.07) is 0.373. The largest absolute Gasteiger partial charge is 0.460 e. The predicted octanol–water partition coefficient (Wildman–Crippen LogP) is 3.00. The molecule has 0 bridgehead atoms. The number of piperazine rings is 1. The van der Waals surface area contributed by atoms with E-state index in [1.165, 1.54) is 11.8 Å². The number of aryl methyl sites for hydroxylation is 1. The Labute approximate surface area is 160 Å². The van der Waals surface area contributed by atoms with Crippen LogP contribution < -0.4 is 4.90 Å². The van der Waals surface area contributed by atoms with Crippen LogP contribution in [0.4, 0.5) is 23.8 Å². The molecule has 154 valence electrons. The molecule has 0 spiro atoms. The van der Waals surface area contributed by atoms with E-state index in [-0.39, 0.29) is 30.2 Å². The zero-order chi connectivity index (χ0) is 20.9. The standard InChI is InChI=1S/C18H22F3N3O4/c1-10-13(18(19,20)21)7-12-14(22-10)24-6-5-23(16(26)28-17(2,3)4)8-11(24)9-27-15(12)25/h7,11H,5-6,8-9H2,1-4H3/t11-/m1/s1. The summed E-state index contributed by atoms with van der Waals surface area (Å²) >= 11 is 0. The Kier molecular flexibility index (Phi) is 4.93. The molecule has 3 heterocycles. The molecule has 1 aromatic heterocycles. The number of cyclic esters (lactones) is 1. The third-order valence-electron chi connectivity index (χ3n) is 4.53. The van der Waals surface area contributed by atoms with E-state index in [4.69, 9.17) is 9.47 Å². The maximum Gasteiger partial charge on any atom is 0.418 e. The van der Waals surface area contributed by atoms with Crippen molar-refractivity contribution < 1.29 is 32.2 Å². The minimum absolute atomic E-state index is 0.0606. The summed E-state index contributed by atoms with van der Waals surface area (Å²) < 4.78 is 50.1. The molecule has 1 amide bonds. The van der Waals surface area contributed by atoms with E-state index in [1.54, 1.807) is 25.7 Å². The number of rotatable bonds is 0. The van der Waals surface area contributed by atoms with Gasteiger partial charge in [-0.1, -0.05) is 0 Å². The molecule has 0 aromatic carbocycles. The molecular weight excluding hydrogens is 379 g/mol. The highest BCUT2D eigenvalue weighted by atomic mass is 19.4. The van der Waals surface area contributed by atoms with E-state index in [1.807, 2.05) is 0 Å². The Balaban J connectivity index is 1.90. The van der Waals surface area contributed by atoms with E-state index in [2.05, 4.69) is 4.98 Å². The van der Waals surface area contributed by atoms with E-state index in [0.717, 1.165) is 6.07 Å². The summed E-state index contributed by atoms with van der Waals surface area (Å²) in [5.74, 6) is -0.701. The van der Waals surface area contributed by atoms with Crippen LogP contribution in [0.25, 0.3) is 0 Å². The molecule has 0 aliphatic carbocycles. The van der Waals surface area contributed by atoms with Gasteiger partial charge in [0, 0.05) is 19.6 Å². The number of alkyl halides is 3. The fraction of sp³-hybridized carbons (Fsp3) is 0.611. The summed E-state index contributed by atoms with van der Waals surface area (Å²) in [6.07, 6.45) is -5.10. The van der Waals surface area contributed by atoms with Crippen LogP contribution in [-0.2, 0) is 15.7 Å². The van der Waals surface area contributed by atoms with Crippen molar-refractivity contribution >= 4 is 17.9 Å². The lowest BCUT2D eigenvalue weighted by Gasteiger charge is -2.41. The molecule has 2 aliphatic heterocycles. The van der Waals surface area contributed by atoms with Crippen LogP contribution in [0.15, 0.2) is 6.07 Å². The molecule has 2 aliphatic rings. The van der Waals surface area contributed by atoms with Crippen molar-refractivity contribution in [2.75, 3.05) is 31.1 Å². The number of amides is 1. The van der Waals surface area contributed by atoms with Gasteiger partial charge in [-0.2, -0.15) is 13.2 Å². The van der Waals surface area contributed by atoms with Crippen LogP contribution in [0.5, 0.6) is 0 Å². The lowest BCUT2D eigenvalue weighted by Crippen LogP contribution is -2.57. The molecule has 0 saturated carbocycles. The molecule has 1 fully saturated rings. The molecule has 1 saturated heterocycles. The number of pyridine rings is 1. The summed E-state index contributed by atoms with van der Waals surface area (Å²) in [7, 11) is 0. The zero-order valence-electron chi connectivity index (χ0n) is 16.1. The van der Waals surface area contributed by atoms with Crippen LogP contribution in [0.1, 0.15) is 42.4 Å².